The molecule has 0 saturated carbocycles. The van der Waals surface area contributed by atoms with Gasteiger partial charge >= 0.3 is 6.09 Å². The van der Waals surface area contributed by atoms with Crippen molar-refractivity contribution in [3.8, 4) is 0 Å². The van der Waals surface area contributed by atoms with Crippen LogP contribution in [0, 0.1) is 0 Å². The number of rotatable bonds is 7. The van der Waals surface area contributed by atoms with Gasteiger partial charge in [0.05, 0.1) is 6.54 Å². The summed E-state index contributed by atoms with van der Waals surface area (Å²) in [6.45, 7) is 14.1. The van der Waals surface area contributed by atoms with Crippen LogP contribution in [-0.2, 0) is 22.6 Å². The number of hydrogen-bond acceptors (Lipinski definition) is 4. The van der Waals surface area contributed by atoms with Crippen LogP contribution in [0.25, 0.3) is 0 Å². The van der Waals surface area contributed by atoms with Crippen molar-refractivity contribution in [1.29, 1.82) is 0 Å². The topological polar surface area (TPSA) is 53.1 Å². The van der Waals surface area contributed by atoms with E-state index in [2.05, 4.69) is 17.9 Å². The maximum Gasteiger partial charge on any atom is 0.410 e. The second-order valence-electron chi connectivity index (χ2n) is 8.61. The summed E-state index contributed by atoms with van der Waals surface area (Å²) >= 11 is 0. The molecule has 0 atom stereocenters. The first kappa shape index (κ1) is 25.7. The van der Waals surface area contributed by atoms with E-state index in [-0.39, 0.29) is 6.09 Å². The minimum Gasteiger partial charge on any atom is -0.444 e. The number of likely N-dealkylation sites (N-methyl/N-ethyl adjacent to an activating group) is 1. The number of carbonyl (C=O) groups is 2. The minimum absolute atomic E-state index is 0.324. The molecule has 0 unspecified atom stereocenters. The second-order valence-corrected chi connectivity index (χ2v) is 8.61. The summed E-state index contributed by atoms with van der Waals surface area (Å²) in [5, 5.41) is 0. The lowest BCUT2D eigenvalue weighted by atomic mass is 10.1. The van der Waals surface area contributed by atoms with Crippen LogP contribution in [-0.4, -0.2) is 55.1 Å². The molecule has 0 aliphatic carbocycles. The van der Waals surface area contributed by atoms with Crippen molar-refractivity contribution < 1.29 is 14.3 Å². The van der Waals surface area contributed by atoms with Crippen LogP contribution in [0.1, 0.15) is 59.1 Å². The van der Waals surface area contributed by atoms with E-state index < -0.39 is 5.60 Å². The first-order chi connectivity index (χ1) is 14.1. The van der Waals surface area contributed by atoms with Crippen molar-refractivity contribution in [2.75, 3.05) is 32.1 Å². The summed E-state index contributed by atoms with van der Waals surface area (Å²) in [7, 11) is 4.07. The van der Waals surface area contributed by atoms with Gasteiger partial charge in [0.15, 0.2) is 0 Å². The highest BCUT2D eigenvalue weighted by atomic mass is 16.6. The zero-order valence-corrected chi connectivity index (χ0v) is 20.0. The third-order valence-corrected chi connectivity index (χ3v) is 4.60. The lowest BCUT2D eigenvalue weighted by Gasteiger charge is -2.24. The summed E-state index contributed by atoms with van der Waals surface area (Å²) in [6.07, 6.45) is 3.55. The predicted molar refractivity (Wildman–Crippen MR) is 124 cm³/mol. The van der Waals surface area contributed by atoms with E-state index in [9.17, 15) is 9.59 Å². The summed E-state index contributed by atoms with van der Waals surface area (Å²) in [4.78, 5) is 29.7. The zero-order valence-electron chi connectivity index (χ0n) is 20.0. The summed E-state index contributed by atoms with van der Waals surface area (Å²) < 4.78 is 5.50. The van der Waals surface area contributed by atoms with Gasteiger partial charge in [-0.1, -0.05) is 37.6 Å². The number of benzene rings is 1. The van der Waals surface area contributed by atoms with Gasteiger partial charge in [0.25, 0.3) is 0 Å². The Morgan fingerprint density at radius 3 is 2.43 bits per heavy atom. The van der Waals surface area contributed by atoms with Crippen molar-refractivity contribution in [3.63, 3.8) is 0 Å². The Bertz CT molecular complexity index is 736. The van der Waals surface area contributed by atoms with Crippen LogP contribution in [0.5, 0.6) is 0 Å². The molecule has 1 aromatic rings. The second kappa shape index (κ2) is 11.7. The Morgan fingerprint density at radius 1 is 1.20 bits per heavy atom. The summed E-state index contributed by atoms with van der Waals surface area (Å²) in [5.41, 5.74) is 3.69. The van der Waals surface area contributed by atoms with E-state index in [0.717, 1.165) is 36.2 Å². The molecule has 0 saturated heterocycles. The first-order valence-corrected chi connectivity index (χ1v) is 10.7. The van der Waals surface area contributed by atoms with Gasteiger partial charge in [0, 0.05) is 30.9 Å². The number of anilines is 1. The van der Waals surface area contributed by atoms with Crippen LogP contribution < -0.4 is 4.90 Å². The normalized spacial score (nSPS) is 13.5. The molecule has 2 rings (SSSR count). The van der Waals surface area contributed by atoms with Gasteiger partial charge in [-0.05, 0) is 59.8 Å². The molecule has 0 N–H and O–H groups in total. The average Bonchev–Trinajstić information content (AvgIpc) is 3.12. The largest absolute Gasteiger partial charge is 0.444 e. The van der Waals surface area contributed by atoms with E-state index in [1.165, 1.54) is 5.57 Å². The Hall–Kier alpha value is -2.34. The molecule has 1 aliphatic rings. The Labute approximate surface area is 182 Å². The molecule has 6 heteroatoms. The average molecular weight is 418 g/mol. The fourth-order valence-electron chi connectivity index (χ4n) is 3.10. The Kier molecular flexibility index (Phi) is 10.1. The third-order valence-electron chi connectivity index (χ3n) is 4.60. The van der Waals surface area contributed by atoms with Crippen molar-refractivity contribution >= 4 is 18.2 Å². The van der Waals surface area contributed by atoms with E-state index in [4.69, 9.17) is 4.74 Å². The van der Waals surface area contributed by atoms with Gasteiger partial charge in [0.1, 0.15) is 5.60 Å². The quantitative estimate of drug-likeness (QED) is 0.471. The van der Waals surface area contributed by atoms with E-state index in [1.54, 1.807) is 9.80 Å². The van der Waals surface area contributed by atoms with Crippen LogP contribution in [0.4, 0.5) is 10.5 Å². The fraction of sp³-hybridized carbons (Fsp3) is 0.583. The van der Waals surface area contributed by atoms with Gasteiger partial charge in [0.2, 0.25) is 6.41 Å². The number of fused-ring (bicyclic) bond motifs is 1. The molecule has 0 spiro atoms. The van der Waals surface area contributed by atoms with Crippen molar-refractivity contribution in [2.24, 2.45) is 0 Å². The number of ether oxygens (including phenoxy) is 1. The van der Waals surface area contributed by atoms with Gasteiger partial charge in [-0.15, -0.1) is 0 Å². The fourth-order valence-corrected chi connectivity index (χ4v) is 3.10. The van der Waals surface area contributed by atoms with Gasteiger partial charge in [-0.2, -0.15) is 0 Å². The standard InChI is InChI=1S/C22H33N3O3.C2H6/c1-17(10-12-23(5)6)11-13-24(16-26)20-9-7-8-18-14-25(15-19(18)20)21(27)28-22(2,3)4;1-2/h7-10,16H,11-15H2,1-6H3;1-2H3/b17-10+;. The molecule has 1 aromatic carbocycles. The molecule has 168 valence electrons. The molecule has 0 aromatic heterocycles. The maximum absolute atomic E-state index is 12.4. The van der Waals surface area contributed by atoms with Gasteiger partial charge in [-0.25, -0.2) is 4.79 Å². The highest BCUT2D eigenvalue weighted by Crippen LogP contribution is 2.32. The molecule has 6 nitrogen and oxygen atoms in total. The lowest BCUT2D eigenvalue weighted by Crippen LogP contribution is -2.33. The molecular weight excluding hydrogens is 378 g/mol. The van der Waals surface area contributed by atoms with E-state index in [1.807, 2.05) is 66.9 Å². The molecule has 1 heterocycles. The van der Waals surface area contributed by atoms with Crippen molar-refractivity contribution in [3.05, 3.63) is 41.0 Å². The predicted octanol–water partition coefficient (Wildman–Crippen LogP) is 4.82. The molecule has 0 fully saturated rings. The molecule has 0 bridgehead atoms. The number of amides is 2. The van der Waals surface area contributed by atoms with Crippen LogP contribution in [0.3, 0.4) is 0 Å². The molecule has 30 heavy (non-hydrogen) atoms. The van der Waals surface area contributed by atoms with E-state index in [0.29, 0.717) is 19.6 Å². The number of nitrogens with zero attached hydrogens (tertiary/aromatic N) is 3. The summed E-state index contributed by atoms with van der Waals surface area (Å²) in [6, 6.07) is 5.90. The monoisotopic (exact) mass is 417 g/mol. The Balaban J connectivity index is 0.00000218. The number of hydrogen-bond donors (Lipinski definition) is 0. The van der Waals surface area contributed by atoms with Crippen LogP contribution in [0.15, 0.2) is 29.8 Å². The lowest BCUT2D eigenvalue weighted by molar-refractivity contribution is -0.107. The highest BCUT2D eigenvalue weighted by Gasteiger charge is 2.30. The van der Waals surface area contributed by atoms with Crippen LogP contribution in [0.2, 0.25) is 0 Å². The van der Waals surface area contributed by atoms with E-state index >= 15 is 0 Å². The smallest absolute Gasteiger partial charge is 0.410 e. The number of carbonyl (C=O) groups excluding carboxylic acids is 2. The first-order valence-electron chi connectivity index (χ1n) is 10.7. The minimum atomic E-state index is -0.528. The van der Waals surface area contributed by atoms with Gasteiger partial charge in [-0.3, -0.25) is 9.69 Å². The molecular formula is C24H39N3O3. The third kappa shape index (κ3) is 7.82. The summed E-state index contributed by atoms with van der Waals surface area (Å²) in [5.74, 6) is 0. The highest BCUT2D eigenvalue weighted by molar-refractivity contribution is 5.79. The van der Waals surface area contributed by atoms with Gasteiger partial charge < -0.3 is 14.5 Å². The molecule has 1 aliphatic heterocycles. The molecule has 2 amide bonds. The maximum atomic E-state index is 12.4. The zero-order chi connectivity index (χ0) is 22.9. The molecule has 0 radical (unpaired) electrons. The van der Waals surface area contributed by atoms with Crippen molar-refractivity contribution in [2.45, 2.75) is 66.7 Å². The van der Waals surface area contributed by atoms with Crippen molar-refractivity contribution in [1.82, 2.24) is 9.80 Å². The Morgan fingerprint density at radius 2 is 1.87 bits per heavy atom. The SMILES string of the molecule is C/C(=C\CN(C)C)CCN(C=O)c1cccc2c1CN(C(=O)OC(C)(C)C)C2.CC. The van der Waals surface area contributed by atoms with Crippen LogP contribution >= 0.6 is 0 Å².